The first kappa shape index (κ1) is 15.2. The lowest BCUT2D eigenvalue weighted by molar-refractivity contribution is 0.0549. The third kappa shape index (κ3) is 4.43. The van der Waals surface area contributed by atoms with Gasteiger partial charge in [0, 0.05) is 25.3 Å². The Hall–Kier alpha value is -1.19. The van der Waals surface area contributed by atoms with Gasteiger partial charge in [0.2, 0.25) is 0 Å². The number of hydrogen-bond acceptors (Lipinski definition) is 3. The molecule has 0 radical (unpaired) electrons. The van der Waals surface area contributed by atoms with E-state index in [9.17, 15) is 4.79 Å². The maximum absolute atomic E-state index is 12.2. The van der Waals surface area contributed by atoms with E-state index in [-0.39, 0.29) is 5.78 Å². The van der Waals surface area contributed by atoms with Crippen LogP contribution in [-0.2, 0) is 11.2 Å². The van der Waals surface area contributed by atoms with Crippen LogP contribution in [0.25, 0.3) is 0 Å². The van der Waals surface area contributed by atoms with E-state index in [0.29, 0.717) is 12.5 Å². The molecule has 0 amide bonds. The number of hydrogen-bond donors (Lipinski definition) is 0. The van der Waals surface area contributed by atoms with Gasteiger partial charge in [-0.3, -0.25) is 9.69 Å². The summed E-state index contributed by atoms with van der Waals surface area (Å²) in [5.74, 6) is 0.881. The van der Waals surface area contributed by atoms with E-state index in [1.165, 1.54) is 5.56 Å². The van der Waals surface area contributed by atoms with E-state index in [1.807, 2.05) is 31.3 Å². The minimum absolute atomic E-state index is 0.210. The van der Waals surface area contributed by atoms with Crippen LogP contribution in [0.4, 0.5) is 0 Å². The molecule has 20 heavy (non-hydrogen) atoms. The fourth-order valence-corrected chi connectivity index (χ4v) is 2.70. The molecule has 3 nitrogen and oxygen atoms in total. The molecule has 0 unspecified atom stereocenters. The fourth-order valence-electron chi connectivity index (χ4n) is 2.70. The van der Waals surface area contributed by atoms with E-state index in [2.05, 4.69) is 11.8 Å². The molecule has 3 heteroatoms. The van der Waals surface area contributed by atoms with Crippen molar-refractivity contribution in [2.45, 2.75) is 26.2 Å². The average molecular weight is 275 g/mol. The number of aryl methyl sites for hydroxylation is 1. The van der Waals surface area contributed by atoms with Crippen molar-refractivity contribution in [3.05, 3.63) is 35.4 Å². The summed E-state index contributed by atoms with van der Waals surface area (Å²) in [5.41, 5.74) is 2.10. The van der Waals surface area contributed by atoms with Gasteiger partial charge in [0.15, 0.2) is 5.78 Å². The number of ether oxygens (including phenoxy) is 1. The lowest BCUT2D eigenvalue weighted by atomic mass is 9.99. The van der Waals surface area contributed by atoms with E-state index in [4.69, 9.17) is 4.74 Å². The van der Waals surface area contributed by atoms with E-state index >= 15 is 0 Å². The summed E-state index contributed by atoms with van der Waals surface area (Å²) < 4.78 is 5.37. The number of nitrogens with zero attached hydrogens (tertiary/aromatic N) is 1. The molecule has 1 heterocycles. The van der Waals surface area contributed by atoms with Crippen molar-refractivity contribution in [3.8, 4) is 0 Å². The highest BCUT2D eigenvalue weighted by atomic mass is 16.5. The van der Waals surface area contributed by atoms with Gasteiger partial charge >= 0.3 is 0 Å². The number of carbonyl (C=O) groups excluding carboxylic acids is 1. The summed E-state index contributed by atoms with van der Waals surface area (Å²) >= 11 is 0. The number of rotatable bonds is 6. The molecule has 1 aromatic rings. The molecule has 0 aliphatic carbocycles. The minimum atomic E-state index is 0.210. The number of likely N-dealkylation sites (N-methyl/N-ethyl adjacent to an activating group) is 1. The van der Waals surface area contributed by atoms with E-state index in [1.54, 1.807) is 0 Å². The second kappa shape index (κ2) is 7.55. The van der Waals surface area contributed by atoms with E-state index in [0.717, 1.165) is 44.6 Å². The number of Topliss-reactive ketones (excluding diaryl/α,β-unsaturated/α-hetero) is 1. The van der Waals surface area contributed by atoms with Crippen LogP contribution >= 0.6 is 0 Å². The molecule has 0 atom stereocenters. The highest BCUT2D eigenvalue weighted by molar-refractivity contribution is 5.97. The predicted molar refractivity (Wildman–Crippen MR) is 81.2 cm³/mol. The maximum Gasteiger partial charge on any atom is 0.176 e. The van der Waals surface area contributed by atoms with Crippen molar-refractivity contribution in [2.24, 2.45) is 5.92 Å². The van der Waals surface area contributed by atoms with Crippen molar-refractivity contribution in [2.75, 3.05) is 33.4 Å². The van der Waals surface area contributed by atoms with Crippen molar-refractivity contribution < 1.29 is 9.53 Å². The summed E-state index contributed by atoms with van der Waals surface area (Å²) in [4.78, 5) is 14.4. The fraction of sp³-hybridized carbons (Fsp3) is 0.588. The van der Waals surface area contributed by atoms with Gasteiger partial charge < -0.3 is 4.74 Å². The first-order valence-corrected chi connectivity index (χ1v) is 7.57. The van der Waals surface area contributed by atoms with Gasteiger partial charge in [-0.1, -0.05) is 31.2 Å². The van der Waals surface area contributed by atoms with Crippen LogP contribution in [0.5, 0.6) is 0 Å². The zero-order valence-electron chi connectivity index (χ0n) is 12.6. The molecule has 110 valence electrons. The molecular weight excluding hydrogens is 250 g/mol. The minimum Gasteiger partial charge on any atom is -0.381 e. The third-order valence-electron chi connectivity index (χ3n) is 4.01. The number of ketones is 1. The summed E-state index contributed by atoms with van der Waals surface area (Å²) in [6.07, 6.45) is 3.24. The van der Waals surface area contributed by atoms with Crippen LogP contribution < -0.4 is 0 Å². The van der Waals surface area contributed by atoms with Gasteiger partial charge in [0.1, 0.15) is 0 Å². The van der Waals surface area contributed by atoms with Gasteiger partial charge in [-0.2, -0.15) is 0 Å². The number of benzene rings is 1. The van der Waals surface area contributed by atoms with Crippen LogP contribution in [-0.4, -0.2) is 44.0 Å². The van der Waals surface area contributed by atoms with Crippen LogP contribution in [0, 0.1) is 5.92 Å². The van der Waals surface area contributed by atoms with Crippen molar-refractivity contribution in [1.29, 1.82) is 0 Å². The van der Waals surface area contributed by atoms with Crippen molar-refractivity contribution in [1.82, 2.24) is 4.90 Å². The zero-order chi connectivity index (χ0) is 14.4. The molecule has 1 fully saturated rings. The summed E-state index contributed by atoms with van der Waals surface area (Å²) in [5, 5.41) is 0. The van der Waals surface area contributed by atoms with Crippen LogP contribution in [0.15, 0.2) is 24.3 Å². The Morgan fingerprint density at radius 1 is 1.25 bits per heavy atom. The summed E-state index contributed by atoms with van der Waals surface area (Å²) in [7, 11) is 2.04. The van der Waals surface area contributed by atoms with Gasteiger partial charge in [0.05, 0.1) is 6.54 Å². The van der Waals surface area contributed by atoms with Gasteiger partial charge in [0.25, 0.3) is 0 Å². The Kier molecular flexibility index (Phi) is 5.74. The standard InChI is InChI=1S/C17H25NO2/c1-3-14-4-6-16(7-5-14)17(19)13-18(2)12-15-8-10-20-11-9-15/h4-7,15H,3,8-13H2,1-2H3. The molecule has 0 saturated carbocycles. The topological polar surface area (TPSA) is 29.5 Å². The average Bonchev–Trinajstić information content (AvgIpc) is 2.48. The Labute approximate surface area is 121 Å². The molecule has 0 bridgehead atoms. The third-order valence-corrected chi connectivity index (χ3v) is 4.01. The molecule has 1 aromatic carbocycles. The van der Waals surface area contributed by atoms with Gasteiger partial charge in [-0.25, -0.2) is 0 Å². The highest BCUT2D eigenvalue weighted by Crippen LogP contribution is 2.15. The molecule has 0 N–H and O–H groups in total. The molecule has 2 rings (SSSR count). The normalized spacial score (nSPS) is 16.6. The van der Waals surface area contributed by atoms with Crippen LogP contribution in [0.2, 0.25) is 0 Å². The van der Waals surface area contributed by atoms with Crippen molar-refractivity contribution in [3.63, 3.8) is 0 Å². The van der Waals surface area contributed by atoms with Crippen molar-refractivity contribution >= 4 is 5.78 Å². The molecular formula is C17H25NO2. The van der Waals surface area contributed by atoms with Gasteiger partial charge in [-0.15, -0.1) is 0 Å². The van der Waals surface area contributed by atoms with Gasteiger partial charge in [-0.05, 0) is 37.8 Å². The predicted octanol–water partition coefficient (Wildman–Crippen LogP) is 2.79. The first-order chi connectivity index (χ1) is 9.69. The Morgan fingerprint density at radius 2 is 1.90 bits per heavy atom. The Morgan fingerprint density at radius 3 is 2.50 bits per heavy atom. The van der Waals surface area contributed by atoms with Crippen LogP contribution in [0.3, 0.4) is 0 Å². The zero-order valence-corrected chi connectivity index (χ0v) is 12.6. The molecule has 1 aliphatic heterocycles. The Bertz CT molecular complexity index is 421. The second-order valence-corrected chi connectivity index (χ2v) is 5.73. The molecule has 0 spiro atoms. The quantitative estimate of drug-likeness (QED) is 0.748. The lowest BCUT2D eigenvalue weighted by Crippen LogP contribution is -2.33. The Balaban J connectivity index is 1.82. The smallest absolute Gasteiger partial charge is 0.176 e. The lowest BCUT2D eigenvalue weighted by Gasteiger charge is -2.26. The summed E-state index contributed by atoms with van der Waals surface area (Å²) in [6, 6.07) is 7.99. The van der Waals surface area contributed by atoms with E-state index < -0.39 is 0 Å². The highest BCUT2D eigenvalue weighted by Gasteiger charge is 2.17. The van der Waals surface area contributed by atoms with Crippen LogP contribution in [0.1, 0.15) is 35.7 Å². The molecule has 0 aromatic heterocycles. The first-order valence-electron chi connectivity index (χ1n) is 7.57. The number of carbonyl (C=O) groups is 1. The SMILES string of the molecule is CCc1ccc(C(=O)CN(C)CC2CCOCC2)cc1. The monoisotopic (exact) mass is 275 g/mol. The second-order valence-electron chi connectivity index (χ2n) is 5.73. The molecule has 1 aliphatic rings. The largest absolute Gasteiger partial charge is 0.381 e. The summed E-state index contributed by atoms with van der Waals surface area (Å²) in [6.45, 7) is 5.35. The maximum atomic E-state index is 12.2. The molecule has 1 saturated heterocycles.